The molecule has 0 saturated carbocycles. The second-order valence-electron chi connectivity index (χ2n) is 5.54. The molecule has 0 saturated heterocycles. The molecule has 3 rings (SSSR count). The molecule has 0 aliphatic carbocycles. The molecule has 0 spiro atoms. The summed E-state index contributed by atoms with van der Waals surface area (Å²) in [5.74, 6) is 0.122. The summed E-state index contributed by atoms with van der Waals surface area (Å²) in [6.07, 6.45) is 0. The van der Waals surface area contributed by atoms with Gasteiger partial charge in [-0.25, -0.2) is 4.79 Å². The fourth-order valence-corrected chi connectivity index (χ4v) is 2.48. The van der Waals surface area contributed by atoms with E-state index < -0.39 is 0 Å². The highest BCUT2D eigenvalue weighted by molar-refractivity contribution is 6.06. The Kier molecular flexibility index (Phi) is 3.55. The zero-order chi connectivity index (χ0) is 15.7. The third-order valence-electron chi connectivity index (χ3n) is 3.61. The Labute approximate surface area is 127 Å². The lowest BCUT2D eigenvalue weighted by Gasteiger charge is -2.13. The molecule has 1 amide bonds. The van der Waals surface area contributed by atoms with E-state index in [-0.39, 0.29) is 11.6 Å². The van der Waals surface area contributed by atoms with Gasteiger partial charge in [0.25, 0.3) is 5.91 Å². The van der Waals surface area contributed by atoms with Gasteiger partial charge in [-0.3, -0.25) is 4.79 Å². The molecule has 0 radical (unpaired) electrons. The SMILES string of the molecule is CC(C)c1ccccc1NC(=O)c1ccc2[nH]c(=O)[nH]c2c1. The maximum atomic E-state index is 12.4. The Morgan fingerprint density at radius 3 is 2.55 bits per heavy atom. The van der Waals surface area contributed by atoms with Crippen molar-refractivity contribution in [3.05, 3.63) is 64.1 Å². The molecule has 0 aliphatic rings. The van der Waals surface area contributed by atoms with E-state index in [1.54, 1.807) is 18.2 Å². The third kappa shape index (κ3) is 2.65. The minimum Gasteiger partial charge on any atom is -0.322 e. The van der Waals surface area contributed by atoms with Crippen LogP contribution in [0, 0.1) is 0 Å². The van der Waals surface area contributed by atoms with Gasteiger partial charge in [0.15, 0.2) is 0 Å². The van der Waals surface area contributed by atoms with Crippen molar-refractivity contribution in [2.24, 2.45) is 0 Å². The molecule has 1 aromatic heterocycles. The first-order valence-electron chi connectivity index (χ1n) is 7.17. The van der Waals surface area contributed by atoms with E-state index >= 15 is 0 Å². The second kappa shape index (κ2) is 5.52. The molecule has 5 nitrogen and oxygen atoms in total. The van der Waals surface area contributed by atoms with Crippen LogP contribution >= 0.6 is 0 Å². The van der Waals surface area contributed by atoms with E-state index in [0.29, 0.717) is 22.5 Å². The van der Waals surface area contributed by atoms with E-state index in [9.17, 15) is 9.59 Å². The molecular formula is C17H17N3O2. The van der Waals surface area contributed by atoms with Crippen molar-refractivity contribution < 1.29 is 4.79 Å². The summed E-state index contributed by atoms with van der Waals surface area (Å²) in [4.78, 5) is 29.0. The number of H-pyrrole nitrogens is 2. The normalized spacial score (nSPS) is 11.0. The first-order valence-corrected chi connectivity index (χ1v) is 7.17. The number of aromatic amines is 2. The number of amides is 1. The number of fused-ring (bicyclic) bond motifs is 1. The molecule has 3 aromatic rings. The number of anilines is 1. The number of hydrogen-bond acceptors (Lipinski definition) is 2. The average Bonchev–Trinajstić information content (AvgIpc) is 2.86. The van der Waals surface area contributed by atoms with Gasteiger partial charge in [-0.2, -0.15) is 0 Å². The van der Waals surface area contributed by atoms with Crippen LogP contribution < -0.4 is 11.0 Å². The van der Waals surface area contributed by atoms with Gasteiger partial charge in [0.1, 0.15) is 0 Å². The van der Waals surface area contributed by atoms with E-state index in [0.717, 1.165) is 11.3 Å². The number of aromatic nitrogens is 2. The fourth-order valence-electron chi connectivity index (χ4n) is 2.48. The number of hydrogen-bond donors (Lipinski definition) is 3. The van der Waals surface area contributed by atoms with Gasteiger partial charge in [0.05, 0.1) is 11.0 Å². The Hall–Kier alpha value is -2.82. The van der Waals surface area contributed by atoms with Crippen LogP contribution in [0.3, 0.4) is 0 Å². The van der Waals surface area contributed by atoms with Crippen molar-refractivity contribution >= 4 is 22.6 Å². The maximum Gasteiger partial charge on any atom is 0.323 e. The van der Waals surface area contributed by atoms with Crippen molar-refractivity contribution in [3.8, 4) is 0 Å². The van der Waals surface area contributed by atoms with Crippen LogP contribution in [-0.4, -0.2) is 15.9 Å². The van der Waals surface area contributed by atoms with Crippen molar-refractivity contribution in [3.63, 3.8) is 0 Å². The summed E-state index contributed by atoms with van der Waals surface area (Å²) < 4.78 is 0. The first kappa shape index (κ1) is 14.1. The minimum absolute atomic E-state index is 0.197. The van der Waals surface area contributed by atoms with Gasteiger partial charge in [0.2, 0.25) is 0 Å². The lowest BCUT2D eigenvalue weighted by molar-refractivity contribution is 0.102. The number of imidazole rings is 1. The predicted molar refractivity (Wildman–Crippen MR) is 87.4 cm³/mol. The molecular weight excluding hydrogens is 278 g/mol. The smallest absolute Gasteiger partial charge is 0.322 e. The fraction of sp³-hybridized carbons (Fsp3) is 0.176. The predicted octanol–water partition coefficient (Wildman–Crippen LogP) is 3.23. The zero-order valence-electron chi connectivity index (χ0n) is 12.4. The number of carbonyl (C=O) groups excluding carboxylic acids is 1. The number of para-hydroxylation sites is 1. The standard InChI is InChI=1S/C17H17N3O2/c1-10(2)12-5-3-4-6-13(12)18-16(21)11-7-8-14-15(9-11)20-17(22)19-14/h3-10H,1-2H3,(H,18,21)(H2,19,20,22). The number of carbonyl (C=O) groups is 1. The Morgan fingerprint density at radius 1 is 1.05 bits per heavy atom. The summed E-state index contributed by atoms with van der Waals surface area (Å²) in [5.41, 5.74) is 3.43. The molecule has 0 bridgehead atoms. The molecule has 0 unspecified atom stereocenters. The molecule has 3 N–H and O–H groups in total. The lowest BCUT2D eigenvalue weighted by atomic mass is 10.0. The van der Waals surface area contributed by atoms with Crippen LogP contribution in [0.4, 0.5) is 5.69 Å². The van der Waals surface area contributed by atoms with Crippen molar-refractivity contribution in [1.82, 2.24) is 9.97 Å². The highest BCUT2D eigenvalue weighted by Crippen LogP contribution is 2.24. The second-order valence-corrected chi connectivity index (χ2v) is 5.54. The van der Waals surface area contributed by atoms with Crippen molar-refractivity contribution in [1.29, 1.82) is 0 Å². The van der Waals surface area contributed by atoms with Crippen molar-refractivity contribution in [2.45, 2.75) is 19.8 Å². The molecule has 1 heterocycles. The summed E-state index contributed by atoms with van der Waals surface area (Å²) in [7, 11) is 0. The number of rotatable bonds is 3. The number of benzene rings is 2. The zero-order valence-corrected chi connectivity index (χ0v) is 12.4. The molecule has 0 atom stereocenters. The molecule has 22 heavy (non-hydrogen) atoms. The Balaban J connectivity index is 1.91. The van der Waals surface area contributed by atoms with Crippen LogP contribution in [0.2, 0.25) is 0 Å². The number of nitrogens with one attached hydrogen (secondary N) is 3. The Bertz CT molecular complexity index is 890. The van der Waals surface area contributed by atoms with E-state index in [4.69, 9.17) is 0 Å². The summed E-state index contributed by atoms with van der Waals surface area (Å²) in [6.45, 7) is 4.17. The summed E-state index contributed by atoms with van der Waals surface area (Å²) in [5, 5.41) is 2.94. The van der Waals surface area contributed by atoms with Crippen LogP contribution in [-0.2, 0) is 0 Å². The molecule has 0 aliphatic heterocycles. The topological polar surface area (TPSA) is 77.8 Å². The van der Waals surface area contributed by atoms with Gasteiger partial charge in [-0.1, -0.05) is 32.0 Å². The van der Waals surface area contributed by atoms with Gasteiger partial charge in [-0.15, -0.1) is 0 Å². The van der Waals surface area contributed by atoms with Crippen LogP contribution in [0.25, 0.3) is 11.0 Å². The highest BCUT2D eigenvalue weighted by atomic mass is 16.2. The monoisotopic (exact) mass is 295 g/mol. The largest absolute Gasteiger partial charge is 0.323 e. The minimum atomic E-state index is -0.280. The summed E-state index contributed by atoms with van der Waals surface area (Å²) >= 11 is 0. The van der Waals surface area contributed by atoms with Crippen LogP contribution in [0.15, 0.2) is 47.3 Å². The highest BCUT2D eigenvalue weighted by Gasteiger charge is 2.11. The lowest BCUT2D eigenvalue weighted by Crippen LogP contribution is -2.13. The molecule has 5 heteroatoms. The van der Waals surface area contributed by atoms with E-state index in [1.807, 2.05) is 24.3 Å². The third-order valence-corrected chi connectivity index (χ3v) is 3.61. The van der Waals surface area contributed by atoms with Crippen molar-refractivity contribution in [2.75, 3.05) is 5.32 Å². The van der Waals surface area contributed by atoms with Crippen LogP contribution in [0.5, 0.6) is 0 Å². The van der Waals surface area contributed by atoms with Gasteiger partial charge in [-0.05, 0) is 35.7 Å². The Morgan fingerprint density at radius 2 is 1.77 bits per heavy atom. The van der Waals surface area contributed by atoms with E-state index in [2.05, 4.69) is 29.1 Å². The quantitative estimate of drug-likeness (QED) is 0.693. The van der Waals surface area contributed by atoms with E-state index in [1.165, 1.54) is 0 Å². The molecule has 2 aromatic carbocycles. The molecule has 112 valence electrons. The molecule has 0 fully saturated rings. The first-order chi connectivity index (χ1) is 10.5. The van der Waals surface area contributed by atoms with Gasteiger partial charge >= 0.3 is 5.69 Å². The average molecular weight is 295 g/mol. The maximum absolute atomic E-state index is 12.4. The summed E-state index contributed by atoms with van der Waals surface area (Å²) in [6, 6.07) is 12.8. The van der Waals surface area contributed by atoms with Gasteiger partial charge < -0.3 is 15.3 Å². The van der Waals surface area contributed by atoms with Crippen LogP contribution in [0.1, 0.15) is 35.7 Å². The van der Waals surface area contributed by atoms with Gasteiger partial charge in [0, 0.05) is 11.3 Å².